The molecule has 28 heavy (non-hydrogen) atoms. The molecule has 0 bridgehead atoms. The van der Waals surface area contributed by atoms with Gasteiger partial charge in [0.1, 0.15) is 5.75 Å². The Bertz CT molecular complexity index is 1050. The van der Waals surface area contributed by atoms with Crippen molar-refractivity contribution in [2.75, 3.05) is 18.6 Å². The third-order valence-electron chi connectivity index (χ3n) is 5.74. The highest BCUT2D eigenvalue weighted by Gasteiger charge is 2.30. The van der Waals surface area contributed by atoms with E-state index in [-0.39, 0.29) is 11.7 Å². The molecule has 2 aromatic carbocycles. The van der Waals surface area contributed by atoms with E-state index >= 15 is 0 Å². The number of carbonyl (C=O) groups excluding carboxylic acids is 1. The molecule has 1 aliphatic heterocycles. The molecule has 5 nitrogen and oxygen atoms in total. The Morgan fingerprint density at radius 2 is 1.89 bits per heavy atom. The lowest BCUT2D eigenvalue weighted by atomic mass is 9.82. The van der Waals surface area contributed by atoms with Gasteiger partial charge in [-0.25, -0.2) is 9.97 Å². The number of aromatic nitrogens is 2. The van der Waals surface area contributed by atoms with Crippen LogP contribution in [0.4, 0.5) is 11.6 Å². The van der Waals surface area contributed by atoms with Crippen molar-refractivity contribution in [1.29, 1.82) is 0 Å². The second-order valence-corrected chi connectivity index (χ2v) is 7.36. The molecule has 0 fully saturated rings. The van der Waals surface area contributed by atoms with Crippen LogP contribution >= 0.6 is 0 Å². The summed E-state index contributed by atoms with van der Waals surface area (Å²) in [5, 5.41) is 0. The molecule has 0 radical (unpaired) electrons. The van der Waals surface area contributed by atoms with Crippen molar-refractivity contribution in [3.63, 3.8) is 0 Å². The average molecular weight is 371 g/mol. The van der Waals surface area contributed by atoms with Crippen LogP contribution in [0.1, 0.15) is 39.5 Å². The summed E-state index contributed by atoms with van der Waals surface area (Å²) in [5.74, 6) is 1.77. The zero-order valence-corrected chi connectivity index (χ0v) is 15.8. The number of ketones is 1. The van der Waals surface area contributed by atoms with E-state index in [1.165, 1.54) is 5.56 Å². The summed E-state index contributed by atoms with van der Waals surface area (Å²) in [5.41, 5.74) is 5.14. The maximum atomic E-state index is 12.7. The number of anilines is 2. The molecule has 3 aromatic rings. The van der Waals surface area contributed by atoms with Crippen LogP contribution in [0.3, 0.4) is 0 Å². The summed E-state index contributed by atoms with van der Waals surface area (Å²) in [6, 6.07) is 16.3. The predicted molar refractivity (Wildman–Crippen MR) is 108 cm³/mol. The minimum absolute atomic E-state index is 0.121. The SMILES string of the molecule is COc1ccc(C2CC(=O)c3cnc(N4CCc5ccccc54)nc3C2)cc1. The molecule has 140 valence electrons. The summed E-state index contributed by atoms with van der Waals surface area (Å²) in [4.78, 5) is 24.2. The van der Waals surface area contributed by atoms with E-state index in [0.717, 1.165) is 42.1 Å². The number of ether oxygens (including phenoxy) is 1. The first-order chi connectivity index (χ1) is 13.7. The first kappa shape index (κ1) is 16.9. The largest absolute Gasteiger partial charge is 0.497 e. The minimum atomic E-state index is 0.121. The van der Waals surface area contributed by atoms with E-state index in [9.17, 15) is 4.79 Å². The van der Waals surface area contributed by atoms with Crippen LogP contribution in [-0.4, -0.2) is 29.4 Å². The van der Waals surface area contributed by atoms with Gasteiger partial charge in [0, 0.05) is 24.8 Å². The standard InChI is InChI=1S/C23H21N3O2/c1-28-18-8-6-15(7-9-18)17-12-20-19(22(27)13-17)14-24-23(25-20)26-11-10-16-4-2-3-5-21(16)26/h2-9,14,17H,10-13H2,1H3. The van der Waals surface area contributed by atoms with Gasteiger partial charge >= 0.3 is 0 Å². The van der Waals surface area contributed by atoms with Gasteiger partial charge in [-0.2, -0.15) is 0 Å². The lowest BCUT2D eigenvalue weighted by Crippen LogP contribution is -2.23. The fraction of sp³-hybridized carbons (Fsp3) is 0.261. The number of fused-ring (bicyclic) bond motifs is 2. The lowest BCUT2D eigenvalue weighted by Gasteiger charge is -2.25. The van der Waals surface area contributed by atoms with Gasteiger partial charge < -0.3 is 9.64 Å². The van der Waals surface area contributed by atoms with Gasteiger partial charge in [0.15, 0.2) is 5.78 Å². The number of Topliss-reactive ketones (excluding diaryl/α,β-unsaturated/α-hetero) is 1. The van der Waals surface area contributed by atoms with Gasteiger partial charge in [0.2, 0.25) is 5.95 Å². The second kappa shape index (κ2) is 6.75. The van der Waals surface area contributed by atoms with Crippen molar-refractivity contribution in [3.05, 3.63) is 77.1 Å². The molecule has 5 heteroatoms. The third-order valence-corrected chi connectivity index (χ3v) is 5.74. The molecule has 2 aliphatic rings. The van der Waals surface area contributed by atoms with Gasteiger partial charge in [0.05, 0.1) is 18.4 Å². The van der Waals surface area contributed by atoms with Gasteiger partial charge in [0.25, 0.3) is 0 Å². The first-order valence-electron chi connectivity index (χ1n) is 9.61. The molecule has 0 saturated heterocycles. The third kappa shape index (κ3) is 2.83. The topological polar surface area (TPSA) is 55.3 Å². The molecule has 2 heterocycles. The van der Waals surface area contributed by atoms with Crippen molar-refractivity contribution in [1.82, 2.24) is 9.97 Å². The Balaban J connectivity index is 1.47. The molecule has 0 spiro atoms. The van der Waals surface area contributed by atoms with Crippen LogP contribution in [0.5, 0.6) is 5.75 Å². The van der Waals surface area contributed by atoms with Crippen molar-refractivity contribution in [2.24, 2.45) is 0 Å². The Morgan fingerprint density at radius 1 is 1.07 bits per heavy atom. The molecule has 1 unspecified atom stereocenters. The number of methoxy groups -OCH3 is 1. The molecular weight excluding hydrogens is 350 g/mol. The number of rotatable bonds is 3. The average Bonchev–Trinajstić information content (AvgIpc) is 3.17. The summed E-state index contributed by atoms with van der Waals surface area (Å²) in [6.07, 6.45) is 3.95. The molecule has 0 N–H and O–H groups in total. The summed E-state index contributed by atoms with van der Waals surface area (Å²) in [6.45, 7) is 0.869. The molecule has 0 amide bonds. The maximum Gasteiger partial charge on any atom is 0.230 e. The van der Waals surface area contributed by atoms with Crippen LogP contribution in [0.2, 0.25) is 0 Å². The highest BCUT2D eigenvalue weighted by Crippen LogP contribution is 2.36. The number of nitrogens with zero attached hydrogens (tertiary/aromatic N) is 3. The molecule has 0 saturated carbocycles. The predicted octanol–water partition coefficient (Wildman–Crippen LogP) is 4.09. The van der Waals surface area contributed by atoms with E-state index in [4.69, 9.17) is 9.72 Å². The van der Waals surface area contributed by atoms with Gasteiger partial charge in [-0.15, -0.1) is 0 Å². The summed E-state index contributed by atoms with van der Waals surface area (Å²) in [7, 11) is 1.66. The monoisotopic (exact) mass is 371 g/mol. The number of carbonyl (C=O) groups is 1. The van der Waals surface area contributed by atoms with Gasteiger partial charge in [-0.1, -0.05) is 30.3 Å². The quantitative estimate of drug-likeness (QED) is 0.694. The second-order valence-electron chi connectivity index (χ2n) is 7.36. The van der Waals surface area contributed by atoms with Crippen LogP contribution < -0.4 is 9.64 Å². The van der Waals surface area contributed by atoms with E-state index in [1.807, 2.05) is 30.3 Å². The highest BCUT2D eigenvalue weighted by molar-refractivity contribution is 5.98. The van der Waals surface area contributed by atoms with Crippen LogP contribution in [0, 0.1) is 0 Å². The molecule has 1 aromatic heterocycles. The van der Waals surface area contributed by atoms with Gasteiger partial charge in [-0.05, 0) is 48.1 Å². The van der Waals surface area contributed by atoms with E-state index in [0.29, 0.717) is 17.9 Å². The number of benzene rings is 2. The van der Waals surface area contributed by atoms with Crippen LogP contribution in [0.15, 0.2) is 54.7 Å². The van der Waals surface area contributed by atoms with Crippen LogP contribution in [-0.2, 0) is 12.8 Å². The maximum absolute atomic E-state index is 12.7. The summed E-state index contributed by atoms with van der Waals surface area (Å²) >= 11 is 0. The normalized spacial score (nSPS) is 18.0. The first-order valence-corrected chi connectivity index (χ1v) is 9.61. The zero-order chi connectivity index (χ0) is 19.1. The number of hydrogen-bond acceptors (Lipinski definition) is 5. The smallest absolute Gasteiger partial charge is 0.230 e. The lowest BCUT2D eigenvalue weighted by molar-refractivity contribution is 0.0962. The minimum Gasteiger partial charge on any atom is -0.497 e. The van der Waals surface area contributed by atoms with Crippen molar-refractivity contribution in [2.45, 2.75) is 25.2 Å². The Kier molecular flexibility index (Phi) is 4.08. The number of para-hydroxylation sites is 1. The molecule has 1 atom stereocenters. The molecule has 5 rings (SSSR count). The highest BCUT2D eigenvalue weighted by atomic mass is 16.5. The van der Waals surface area contributed by atoms with Crippen molar-refractivity contribution in [3.8, 4) is 5.75 Å². The van der Waals surface area contributed by atoms with Crippen molar-refractivity contribution >= 4 is 17.4 Å². The zero-order valence-electron chi connectivity index (χ0n) is 15.8. The van der Waals surface area contributed by atoms with E-state index in [2.05, 4.69) is 28.1 Å². The molecule has 1 aliphatic carbocycles. The van der Waals surface area contributed by atoms with Crippen LogP contribution in [0.25, 0.3) is 0 Å². The summed E-state index contributed by atoms with van der Waals surface area (Å²) < 4.78 is 5.24. The Morgan fingerprint density at radius 3 is 2.71 bits per heavy atom. The van der Waals surface area contributed by atoms with E-state index in [1.54, 1.807) is 13.3 Å². The fourth-order valence-corrected chi connectivity index (χ4v) is 4.22. The Hall–Kier alpha value is -3.21. The van der Waals surface area contributed by atoms with Crippen molar-refractivity contribution < 1.29 is 9.53 Å². The van der Waals surface area contributed by atoms with Gasteiger partial charge in [-0.3, -0.25) is 4.79 Å². The number of hydrogen-bond donors (Lipinski definition) is 0. The Labute approximate surface area is 164 Å². The fourth-order valence-electron chi connectivity index (χ4n) is 4.22. The van der Waals surface area contributed by atoms with E-state index < -0.39 is 0 Å². The molecular formula is C23H21N3O2.